The Kier molecular flexibility index (Phi) is 22.3. The number of carbonyl (C=O) groups excluding carboxylic acids is 1. The zero-order valence-electron chi connectivity index (χ0n) is 19.7. The molecule has 168 valence electrons. The first kappa shape index (κ1) is 27.4. The van der Waals surface area contributed by atoms with Gasteiger partial charge in [-0.1, -0.05) is 111 Å². The first-order valence-corrected chi connectivity index (χ1v) is 12.7. The smallest absolute Gasteiger partial charge is 0.219 e. The summed E-state index contributed by atoms with van der Waals surface area (Å²) in [5.74, 6) is 0.245. The largest absolute Gasteiger partial charge is 0.356 e. The van der Waals surface area contributed by atoms with Gasteiger partial charge in [0.2, 0.25) is 5.91 Å². The second-order valence-corrected chi connectivity index (χ2v) is 8.43. The fourth-order valence-corrected chi connectivity index (χ4v) is 3.82. The fraction of sp³-hybridized carbons (Fsp3) is 0.960. The van der Waals surface area contributed by atoms with Gasteiger partial charge in [-0.2, -0.15) is 0 Å². The molecule has 0 radical (unpaired) electrons. The van der Waals surface area contributed by atoms with Crippen LogP contribution in [0.3, 0.4) is 0 Å². The van der Waals surface area contributed by atoms with E-state index in [2.05, 4.69) is 31.0 Å². The van der Waals surface area contributed by atoms with E-state index in [0.29, 0.717) is 6.42 Å². The standard InChI is InChI=1S/C25H52N2O/c1-4-7-8-9-10-11-12-13-14-15-16-17-18-19-20-22-25(28)26-23-21-24-27(5-2)6-3/h4-24H2,1-3H3,(H,26,28). The molecular weight excluding hydrogens is 344 g/mol. The third-order valence-corrected chi connectivity index (χ3v) is 5.88. The van der Waals surface area contributed by atoms with Crippen molar-refractivity contribution in [2.75, 3.05) is 26.2 Å². The van der Waals surface area contributed by atoms with E-state index in [1.807, 2.05) is 0 Å². The number of carbonyl (C=O) groups is 1. The summed E-state index contributed by atoms with van der Waals surface area (Å²) in [6.45, 7) is 10.8. The van der Waals surface area contributed by atoms with Crippen LogP contribution in [0.5, 0.6) is 0 Å². The molecule has 0 atom stereocenters. The topological polar surface area (TPSA) is 32.3 Å². The second kappa shape index (κ2) is 22.7. The minimum atomic E-state index is 0.245. The van der Waals surface area contributed by atoms with Crippen molar-refractivity contribution in [3.63, 3.8) is 0 Å². The maximum atomic E-state index is 11.8. The number of hydrogen-bond acceptors (Lipinski definition) is 2. The molecule has 0 saturated carbocycles. The first-order chi connectivity index (χ1) is 13.7. The van der Waals surface area contributed by atoms with Crippen molar-refractivity contribution in [1.29, 1.82) is 0 Å². The Morgan fingerprint density at radius 3 is 1.46 bits per heavy atom. The summed E-state index contributed by atoms with van der Waals surface area (Å²) in [7, 11) is 0. The van der Waals surface area contributed by atoms with Crippen LogP contribution >= 0.6 is 0 Å². The zero-order valence-corrected chi connectivity index (χ0v) is 19.7. The van der Waals surface area contributed by atoms with Crippen LogP contribution < -0.4 is 5.32 Å². The summed E-state index contributed by atoms with van der Waals surface area (Å²) in [5, 5.41) is 3.07. The quantitative estimate of drug-likeness (QED) is 0.198. The molecular formula is C25H52N2O. The number of nitrogens with one attached hydrogen (secondary N) is 1. The number of rotatable bonds is 22. The summed E-state index contributed by atoms with van der Waals surface area (Å²) in [4.78, 5) is 14.2. The monoisotopic (exact) mass is 396 g/mol. The number of hydrogen-bond donors (Lipinski definition) is 1. The van der Waals surface area contributed by atoms with Crippen molar-refractivity contribution in [1.82, 2.24) is 10.2 Å². The molecule has 0 rings (SSSR count). The molecule has 0 bridgehead atoms. The van der Waals surface area contributed by atoms with Crippen molar-refractivity contribution < 1.29 is 4.79 Å². The lowest BCUT2D eigenvalue weighted by molar-refractivity contribution is -0.121. The van der Waals surface area contributed by atoms with Crippen molar-refractivity contribution in [3.05, 3.63) is 0 Å². The molecule has 3 nitrogen and oxygen atoms in total. The molecule has 0 aliphatic heterocycles. The fourth-order valence-electron chi connectivity index (χ4n) is 3.82. The van der Waals surface area contributed by atoms with Gasteiger partial charge in [-0.3, -0.25) is 4.79 Å². The predicted octanol–water partition coefficient (Wildman–Crippen LogP) is 7.10. The second-order valence-electron chi connectivity index (χ2n) is 8.43. The molecule has 1 N–H and O–H groups in total. The Hall–Kier alpha value is -0.570. The lowest BCUT2D eigenvalue weighted by atomic mass is 10.0. The van der Waals surface area contributed by atoms with Gasteiger partial charge in [0.05, 0.1) is 0 Å². The lowest BCUT2D eigenvalue weighted by Gasteiger charge is -2.17. The van der Waals surface area contributed by atoms with Crippen LogP contribution in [0, 0.1) is 0 Å². The Bertz CT molecular complexity index is 316. The highest BCUT2D eigenvalue weighted by molar-refractivity contribution is 5.75. The molecule has 0 fully saturated rings. The average molecular weight is 397 g/mol. The van der Waals surface area contributed by atoms with E-state index < -0.39 is 0 Å². The van der Waals surface area contributed by atoms with Crippen molar-refractivity contribution in [2.24, 2.45) is 0 Å². The van der Waals surface area contributed by atoms with E-state index in [1.165, 1.54) is 89.9 Å². The normalized spacial score (nSPS) is 11.3. The van der Waals surface area contributed by atoms with Crippen molar-refractivity contribution in [2.45, 2.75) is 130 Å². The number of unbranched alkanes of at least 4 members (excludes halogenated alkanes) is 14. The minimum Gasteiger partial charge on any atom is -0.356 e. The summed E-state index contributed by atoms with van der Waals surface area (Å²) < 4.78 is 0. The molecule has 0 spiro atoms. The van der Waals surface area contributed by atoms with E-state index in [1.54, 1.807) is 0 Å². The zero-order chi connectivity index (χ0) is 20.7. The van der Waals surface area contributed by atoms with Gasteiger partial charge in [0.15, 0.2) is 0 Å². The van der Waals surface area contributed by atoms with Crippen LogP contribution in [0.4, 0.5) is 0 Å². The van der Waals surface area contributed by atoms with Crippen LogP contribution in [0.15, 0.2) is 0 Å². The summed E-state index contributed by atoms with van der Waals surface area (Å²) in [5.41, 5.74) is 0. The molecule has 0 aromatic carbocycles. The average Bonchev–Trinajstić information content (AvgIpc) is 2.71. The van der Waals surface area contributed by atoms with Gasteiger partial charge in [-0.25, -0.2) is 0 Å². The van der Waals surface area contributed by atoms with Gasteiger partial charge in [0.1, 0.15) is 0 Å². The molecule has 0 saturated heterocycles. The highest BCUT2D eigenvalue weighted by Gasteiger charge is 2.02. The third-order valence-electron chi connectivity index (χ3n) is 5.88. The van der Waals surface area contributed by atoms with Gasteiger partial charge >= 0.3 is 0 Å². The van der Waals surface area contributed by atoms with Gasteiger partial charge in [0.25, 0.3) is 0 Å². The van der Waals surface area contributed by atoms with Crippen LogP contribution in [0.25, 0.3) is 0 Å². The van der Waals surface area contributed by atoms with Crippen LogP contribution in [0.2, 0.25) is 0 Å². The lowest BCUT2D eigenvalue weighted by Crippen LogP contribution is -2.29. The molecule has 0 aromatic rings. The van der Waals surface area contributed by atoms with Gasteiger partial charge in [-0.05, 0) is 32.5 Å². The van der Waals surface area contributed by atoms with Gasteiger partial charge in [-0.15, -0.1) is 0 Å². The highest BCUT2D eigenvalue weighted by atomic mass is 16.1. The molecule has 0 heterocycles. The Balaban J connectivity index is 3.19. The SMILES string of the molecule is CCCCCCCCCCCCCCCCCC(=O)NCCCN(CC)CC. The third kappa shape index (κ3) is 20.2. The van der Waals surface area contributed by atoms with E-state index in [0.717, 1.165) is 39.0 Å². The summed E-state index contributed by atoms with van der Waals surface area (Å²) >= 11 is 0. The molecule has 3 heteroatoms. The van der Waals surface area contributed by atoms with Crippen LogP contribution in [-0.4, -0.2) is 37.0 Å². The molecule has 28 heavy (non-hydrogen) atoms. The molecule has 0 aliphatic rings. The number of amides is 1. The Morgan fingerprint density at radius 2 is 1.04 bits per heavy atom. The Labute approximate surface area is 177 Å². The van der Waals surface area contributed by atoms with Gasteiger partial charge in [0, 0.05) is 13.0 Å². The minimum absolute atomic E-state index is 0.245. The first-order valence-electron chi connectivity index (χ1n) is 12.7. The summed E-state index contributed by atoms with van der Waals surface area (Å²) in [6.07, 6.45) is 22.3. The molecule has 1 amide bonds. The molecule has 0 aliphatic carbocycles. The maximum absolute atomic E-state index is 11.8. The van der Waals surface area contributed by atoms with E-state index in [9.17, 15) is 4.79 Å². The predicted molar refractivity (Wildman–Crippen MR) is 125 cm³/mol. The highest BCUT2D eigenvalue weighted by Crippen LogP contribution is 2.13. The summed E-state index contributed by atoms with van der Waals surface area (Å²) in [6, 6.07) is 0. The van der Waals surface area contributed by atoms with E-state index in [-0.39, 0.29) is 5.91 Å². The molecule has 0 aromatic heterocycles. The van der Waals surface area contributed by atoms with Crippen LogP contribution in [0.1, 0.15) is 130 Å². The molecule has 0 unspecified atom stereocenters. The van der Waals surface area contributed by atoms with Crippen LogP contribution in [-0.2, 0) is 4.79 Å². The van der Waals surface area contributed by atoms with Crippen molar-refractivity contribution >= 4 is 5.91 Å². The van der Waals surface area contributed by atoms with Crippen molar-refractivity contribution in [3.8, 4) is 0 Å². The van der Waals surface area contributed by atoms with E-state index in [4.69, 9.17) is 0 Å². The number of nitrogens with zero attached hydrogens (tertiary/aromatic N) is 1. The van der Waals surface area contributed by atoms with Gasteiger partial charge < -0.3 is 10.2 Å². The Morgan fingerprint density at radius 1 is 0.607 bits per heavy atom. The maximum Gasteiger partial charge on any atom is 0.219 e. The van der Waals surface area contributed by atoms with E-state index >= 15 is 0 Å².